The van der Waals surface area contributed by atoms with E-state index in [2.05, 4.69) is 4.98 Å². The molecule has 0 fully saturated rings. The summed E-state index contributed by atoms with van der Waals surface area (Å²) >= 11 is 1.42. The zero-order chi connectivity index (χ0) is 17.5. The predicted octanol–water partition coefficient (Wildman–Crippen LogP) is 4.51. The minimum absolute atomic E-state index is 0.0795. The highest BCUT2D eigenvalue weighted by molar-refractivity contribution is 7.08. The molecule has 0 aliphatic carbocycles. The van der Waals surface area contributed by atoms with Gasteiger partial charge in [0.05, 0.1) is 0 Å². The second-order valence-corrected chi connectivity index (χ2v) is 5.98. The summed E-state index contributed by atoms with van der Waals surface area (Å²) in [5.41, 5.74) is 2.23. The van der Waals surface area contributed by atoms with Gasteiger partial charge in [-0.1, -0.05) is 24.3 Å². The van der Waals surface area contributed by atoms with Gasteiger partial charge in [0, 0.05) is 34.5 Å². The first kappa shape index (κ1) is 16.6. The molecule has 2 heterocycles. The number of rotatable bonds is 6. The van der Waals surface area contributed by atoms with Gasteiger partial charge in [-0.3, -0.25) is 9.78 Å². The Morgan fingerprint density at radius 3 is 2.84 bits per heavy atom. The number of ketones is 1. The summed E-state index contributed by atoms with van der Waals surface area (Å²) in [4.78, 5) is 16.5. The van der Waals surface area contributed by atoms with Crippen molar-refractivity contribution in [2.24, 2.45) is 0 Å². The SMILES string of the molecule is N#C/C(=C/c1ccccc1OCc1cccnc1)C(=O)c1ccsc1. The summed E-state index contributed by atoms with van der Waals surface area (Å²) in [5, 5.41) is 12.9. The zero-order valence-electron chi connectivity index (χ0n) is 13.3. The molecule has 2 aromatic heterocycles. The number of allylic oxidation sites excluding steroid dienone is 1. The fraction of sp³-hybridized carbons (Fsp3) is 0.0500. The molecule has 0 saturated carbocycles. The standard InChI is InChI=1S/C20H14N2O2S/c21-11-18(20(23)17-7-9-25-14-17)10-16-5-1-2-6-19(16)24-13-15-4-3-8-22-12-15/h1-10,12,14H,13H2/b18-10-. The Labute approximate surface area is 149 Å². The summed E-state index contributed by atoms with van der Waals surface area (Å²) < 4.78 is 5.84. The fourth-order valence-corrected chi connectivity index (χ4v) is 2.87. The molecule has 0 aliphatic heterocycles. The molecule has 0 N–H and O–H groups in total. The van der Waals surface area contributed by atoms with Gasteiger partial charge in [-0.25, -0.2) is 0 Å². The van der Waals surface area contributed by atoms with E-state index < -0.39 is 0 Å². The Hall–Kier alpha value is -3.23. The highest BCUT2D eigenvalue weighted by Crippen LogP contribution is 2.23. The minimum atomic E-state index is -0.286. The molecule has 5 heteroatoms. The average Bonchev–Trinajstić information content (AvgIpc) is 3.20. The quantitative estimate of drug-likeness (QED) is 0.374. The van der Waals surface area contributed by atoms with E-state index in [1.807, 2.05) is 47.8 Å². The van der Waals surface area contributed by atoms with Crippen LogP contribution in [0.2, 0.25) is 0 Å². The number of ether oxygens (including phenoxy) is 1. The Balaban J connectivity index is 1.84. The molecule has 3 rings (SSSR count). The first-order chi connectivity index (χ1) is 12.3. The summed E-state index contributed by atoms with van der Waals surface area (Å²) in [6.45, 7) is 0.360. The van der Waals surface area contributed by atoms with Crippen molar-refractivity contribution < 1.29 is 9.53 Å². The van der Waals surface area contributed by atoms with Crippen molar-refractivity contribution in [1.29, 1.82) is 5.26 Å². The monoisotopic (exact) mass is 346 g/mol. The number of thiophene rings is 1. The second kappa shape index (κ2) is 8.04. The van der Waals surface area contributed by atoms with E-state index in [1.54, 1.807) is 29.9 Å². The van der Waals surface area contributed by atoms with Crippen LogP contribution in [0.25, 0.3) is 6.08 Å². The molecule has 0 saturated heterocycles. The second-order valence-electron chi connectivity index (χ2n) is 5.20. The Morgan fingerprint density at radius 2 is 2.12 bits per heavy atom. The van der Waals surface area contributed by atoms with Crippen LogP contribution >= 0.6 is 11.3 Å². The van der Waals surface area contributed by atoms with Crippen LogP contribution in [0.5, 0.6) is 5.75 Å². The van der Waals surface area contributed by atoms with Gasteiger partial charge in [-0.2, -0.15) is 16.6 Å². The zero-order valence-corrected chi connectivity index (χ0v) is 14.1. The van der Waals surface area contributed by atoms with Gasteiger partial charge in [0.1, 0.15) is 24.0 Å². The molecule has 122 valence electrons. The largest absolute Gasteiger partial charge is 0.488 e. The van der Waals surface area contributed by atoms with Gasteiger partial charge >= 0.3 is 0 Å². The topological polar surface area (TPSA) is 63.0 Å². The number of hydrogen-bond donors (Lipinski definition) is 0. The summed E-state index contributed by atoms with van der Waals surface area (Å²) in [6.07, 6.45) is 5.01. The Kier molecular flexibility index (Phi) is 5.35. The number of aromatic nitrogens is 1. The van der Waals surface area contributed by atoms with E-state index in [-0.39, 0.29) is 11.4 Å². The molecular weight excluding hydrogens is 332 g/mol. The maximum absolute atomic E-state index is 12.4. The lowest BCUT2D eigenvalue weighted by Gasteiger charge is -2.09. The molecule has 0 bridgehead atoms. The number of nitriles is 1. The van der Waals surface area contributed by atoms with Gasteiger partial charge in [0.25, 0.3) is 0 Å². The van der Waals surface area contributed by atoms with E-state index in [0.717, 1.165) is 5.56 Å². The lowest BCUT2D eigenvalue weighted by Crippen LogP contribution is -2.01. The molecule has 1 aromatic carbocycles. The van der Waals surface area contributed by atoms with Crippen LogP contribution in [-0.2, 0) is 6.61 Å². The molecular formula is C20H14N2O2S. The van der Waals surface area contributed by atoms with E-state index >= 15 is 0 Å². The van der Waals surface area contributed by atoms with Crippen LogP contribution in [0.3, 0.4) is 0 Å². The third-order valence-electron chi connectivity index (χ3n) is 3.48. The number of carbonyl (C=O) groups is 1. The van der Waals surface area contributed by atoms with E-state index in [4.69, 9.17) is 4.74 Å². The maximum atomic E-state index is 12.4. The van der Waals surface area contributed by atoms with Gasteiger partial charge in [0.15, 0.2) is 0 Å². The molecule has 0 atom stereocenters. The normalized spacial score (nSPS) is 10.9. The molecule has 0 amide bonds. The number of para-hydroxylation sites is 1. The van der Waals surface area contributed by atoms with Crippen LogP contribution in [-0.4, -0.2) is 10.8 Å². The van der Waals surface area contributed by atoms with Gasteiger partial charge < -0.3 is 4.74 Å². The lowest BCUT2D eigenvalue weighted by atomic mass is 10.0. The van der Waals surface area contributed by atoms with Crippen LogP contribution in [0, 0.1) is 11.3 Å². The van der Waals surface area contributed by atoms with E-state index in [0.29, 0.717) is 23.5 Å². The highest BCUT2D eigenvalue weighted by atomic mass is 32.1. The number of hydrogen-bond acceptors (Lipinski definition) is 5. The summed E-state index contributed by atoms with van der Waals surface area (Å²) in [5.74, 6) is 0.322. The molecule has 0 spiro atoms. The van der Waals surface area contributed by atoms with E-state index in [9.17, 15) is 10.1 Å². The van der Waals surface area contributed by atoms with Crippen LogP contribution in [0.15, 0.2) is 71.2 Å². The van der Waals surface area contributed by atoms with E-state index in [1.165, 1.54) is 11.3 Å². The number of pyridine rings is 1. The van der Waals surface area contributed by atoms with Gasteiger partial charge in [0.2, 0.25) is 5.78 Å². The Morgan fingerprint density at radius 1 is 1.24 bits per heavy atom. The van der Waals surface area contributed by atoms with Gasteiger partial charge in [-0.15, -0.1) is 0 Å². The molecule has 25 heavy (non-hydrogen) atoms. The van der Waals surface area contributed by atoms with Crippen LogP contribution in [0.4, 0.5) is 0 Å². The fourth-order valence-electron chi connectivity index (χ4n) is 2.23. The number of benzene rings is 1. The maximum Gasteiger partial charge on any atom is 0.204 e. The Bertz CT molecular complexity index is 926. The third-order valence-corrected chi connectivity index (χ3v) is 4.17. The molecule has 0 radical (unpaired) electrons. The van der Waals surface area contributed by atoms with Crippen molar-refractivity contribution in [3.05, 3.63) is 87.9 Å². The third kappa shape index (κ3) is 4.19. The lowest BCUT2D eigenvalue weighted by molar-refractivity contribution is 0.104. The van der Waals surface area contributed by atoms with Gasteiger partial charge in [-0.05, 0) is 29.7 Å². The summed E-state index contributed by atoms with van der Waals surface area (Å²) in [6, 6.07) is 14.8. The van der Waals surface area contributed by atoms with Crippen molar-refractivity contribution >= 4 is 23.2 Å². The highest BCUT2D eigenvalue weighted by Gasteiger charge is 2.13. The van der Waals surface area contributed by atoms with Crippen LogP contribution < -0.4 is 4.74 Å². The first-order valence-electron chi connectivity index (χ1n) is 7.57. The molecule has 0 unspecified atom stereocenters. The number of Topliss-reactive ketones (excluding diaryl/α,β-unsaturated/α-hetero) is 1. The summed E-state index contributed by atoms with van der Waals surface area (Å²) in [7, 11) is 0. The molecule has 0 aliphatic rings. The average molecular weight is 346 g/mol. The first-order valence-corrected chi connectivity index (χ1v) is 8.51. The molecule has 4 nitrogen and oxygen atoms in total. The van der Waals surface area contributed by atoms with Crippen molar-refractivity contribution in [2.75, 3.05) is 0 Å². The van der Waals surface area contributed by atoms with Crippen molar-refractivity contribution in [2.45, 2.75) is 6.61 Å². The predicted molar refractivity (Wildman–Crippen MR) is 97.3 cm³/mol. The van der Waals surface area contributed by atoms with Crippen molar-refractivity contribution in [3.63, 3.8) is 0 Å². The molecule has 3 aromatic rings. The minimum Gasteiger partial charge on any atom is -0.488 e. The van der Waals surface area contributed by atoms with Crippen molar-refractivity contribution in [3.8, 4) is 11.8 Å². The number of carbonyl (C=O) groups excluding carboxylic acids is 1. The smallest absolute Gasteiger partial charge is 0.204 e. The van der Waals surface area contributed by atoms with Crippen molar-refractivity contribution in [1.82, 2.24) is 4.98 Å². The number of nitrogens with zero attached hydrogens (tertiary/aromatic N) is 2. The van der Waals surface area contributed by atoms with Crippen LogP contribution in [0.1, 0.15) is 21.5 Å².